The lowest BCUT2D eigenvalue weighted by Crippen LogP contribution is -2.46. The number of nitrogens with zero attached hydrogens (tertiary/aromatic N) is 3. The van der Waals surface area contributed by atoms with Gasteiger partial charge < -0.3 is 30.7 Å². The van der Waals surface area contributed by atoms with E-state index in [4.69, 9.17) is 10.1 Å². The largest absolute Gasteiger partial charge is 0.444 e. The molecule has 4 rings (SSSR count). The first kappa shape index (κ1) is 36.9. The molecule has 1 saturated heterocycles. The van der Waals surface area contributed by atoms with Crippen LogP contribution in [0.5, 0.6) is 0 Å². The van der Waals surface area contributed by atoms with Gasteiger partial charge in [-0.1, -0.05) is 18.1 Å². The van der Waals surface area contributed by atoms with Gasteiger partial charge >= 0.3 is 12.3 Å². The number of nitrogens with one attached hydrogen (secondary N) is 4. The zero-order valence-corrected chi connectivity index (χ0v) is 28.1. The summed E-state index contributed by atoms with van der Waals surface area (Å²) in [5.74, 6) is 5.96. The molecule has 4 N–H and O–H groups in total. The predicted molar refractivity (Wildman–Crippen MR) is 184 cm³/mol. The fourth-order valence-corrected chi connectivity index (χ4v) is 5.14. The van der Waals surface area contributed by atoms with Gasteiger partial charge in [0.15, 0.2) is 0 Å². The summed E-state index contributed by atoms with van der Waals surface area (Å²) in [7, 11) is 0. The highest BCUT2D eigenvalue weighted by molar-refractivity contribution is 6.04. The second-order valence-corrected chi connectivity index (χ2v) is 12.7. The average molecular weight is 678 g/mol. The Kier molecular flexibility index (Phi) is 12.4. The number of halogens is 3. The minimum absolute atomic E-state index is 0.0436. The first-order chi connectivity index (χ1) is 23.2. The van der Waals surface area contributed by atoms with Crippen molar-refractivity contribution in [3.05, 3.63) is 88.0 Å². The lowest BCUT2D eigenvalue weighted by molar-refractivity contribution is -0.138. The van der Waals surface area contributed by atoms with Crippen molar-refractivity contribution in [3.8, 4) is 11.8 Å². The number of aromatic nitrogens is 2. The number of rotatable bonds is 10. The Balaban J connectivity index is 1.34. The molecule has 2 aromatic carbocycles. The van der Waals surface area contributed by atoms with Gasteiger partial charge in [0, 0.05) is 62.3 Å². The van der Waals surface area contributed by atoms with Crippen molar-refractivity contribution >= 4 is 30.0 Å². The summed E-state index contributed by atoms with van der Waals surface area (Å²) in [5, 5.41) is 12.4. The van der Waals surface area contributed by atoms with Gasteiger partial charge in [-0.2, -0.15) is 13.2 Å². The van der Waals surface area contributed by atoms with Crippen LogP contribution in [-0.2, 0) is 17.5 Å². The molecule has 260 valence electrons. The summed E-state index contributed by atoms with van der Waals surface area (Å²) in [6.07, 6.45) is 1.52. The molecule has 1 fully saturated rings. The van der Waals surface area contributed by atoms with Gasteiger partial charge in [-0.15, -0.1) is 0 Å². The summed E-state index contributed by atoms with van der Waals surface area (Å²) >= 11 is 0. The van der Waals surface area contributed by atoms with E-state index in [9.17, 15) is 22.8 Å². The molecular formula is C36H42F3N7O3. The first-order valence-corrected chi connectivity index (χ1v) is 16.0. The first-order valence-electron chi connectivity index (χ1n) is 16.0. The van der Waals surface area contributed by atoms with E-state index in [0.717, 1.165) is 30.8 Å². The lowest BCUT2D eigenvalue weighted by atomic mass is 10.0. The number of aryl methyl sites for hydroxylation is 1. The number of imidazole rings is 1. The molecule has 0 radical (unpaired) electrons. The molecule has 0 bridgehead atoms. The van der Waals surface area contributed by atoms with Crippen molar-refractivity contribution < 1.29 is 27.5 Å². The highest BCUT2D eigenvalue weighted by Crippen LogP contribution is 2.35. The summed E-state index contributed by atoms with van der Waals surface area (Å²) in [6.45, 7) is 11.3. The summed E-state index contributed by atoms with van der Waals surface area (Å²) < 4.78 is 47.8. The smallest absolute Gasteiger partial charge is 0.416 e. The fourth-order valence-electron chi connectivity index (χ4n) is 5.14. The zero-order chi connectivity index (χ0) is 35.6. The van der Waals surface area contributed by atoms with Crippen molar-refractivity contribution in [1.82, 2.24) is 25.1 Å². The zero-order valence-electron chi connectivity index (χ0n) is 28.1. The molecule has 0 unspecified atom stereocenters. The number of piperazine rings is 1. The number of allylic oxidation sites excluding steroid dienone is 1. The second kappa shape index (κ2) is 16.5. The molecule has 0 spiro atoms. The van der Waals surface area contributed by atoms with Crippen LogP contribution in [0.25, 0.3) is 6.08 Å². The maximum Gasteiger partial charge on any atom is 0.416 e. The van der Waals surface area contributed by atoms with Crippen molar-refractivity contribution in [2.45, 2.75) is 52.4 Å². The van der Waals surface area contributed by atoms with Crippen LogP contribution in [0.15, 0.2) is 48.7 Å². The van der Waals surface area contributed by atoms with Gasteiger partial charge in [0.2, 0.25) is 0 Å². The molecular weight excluding hydrogens is 635 g/mol. The van der Waals surface area contributed by atoms with Crippen LogP contribution in [0.3, 0.4) is 0 Å². The Hall–Kier alpha value is -4.93. The predicted octanol–water partition coefficient (Wildman–Crippen LogP) is 6.08. The highest BCUT2D eigenvalue weighted by atomic mass is 19.4. The number of carbonyl (C=O) groups is 2. The van der Waals surface area contributed by atoms with Gasteiger partial charge in [-0.25, -0.2) is 9.78 Å². The van der Waals surface area contributed by atoms with Crippen LogP contribution in [0.2, 0.25) is 0 Å². The second-order valence-electron chi connectivity index (χ2n) is 12.7. The van der Waals surface area contributed by atoms with E-state index < -0.39 is 29.3 Å². The van der Waals surface area contributed by atoms with E-state index in [1.165, 1.54) is 18.2 Å². The number of ether oxygens (including phenoxy) is 1. The maximum absolute atomic E-state index is 14.2. The van der Waals surface area contributed by atoms with E-state index in [2.05, 4.69) is 37.3 Å². The van der Waals surface area contributed by atoms with Crippen LogP contribution in [0.4, 0.5) is 23.7 Å². The Labute approximate surface area is 284 Å². The Morgan fingerprint density at radius 1 is 1.06 bits per heavy atom. The summed E-state index contributed by atoms with van der Waals surface area (Å²) in [5.41, 5.74) is 1.05. The van der Waals surface area contributed by atoms with E-state index in [0.29, 0.717) is 49.8 Å². The third-order valence-electron chi connectivity index (χ3n) is 7.63. The summed E-state index contributed by atoms with van der Waals surface area (Å²) in [6, 6.07) is 8.83. The number of alkyl carbamates (subject to hydrolysis) is 1. The lowest BCUT2D eigenvalue weighted by Gasteiger charge is -2.35. The highest BCUT2D eigenvalue weighted by Gasteiger charge is 2.34. The van der Waals surface area contributed by atoms with Crippen LogP contribution in [0, 0.1) is 24.2 Å². The number of hydrogen-bond acceptors (Lipinski definition) is 7. The third kappa shape index (κ3) is 11.6. The number of benzene rings is 2. The molecule has 1 aliphatic heterocycles. The van der Waals surface area contributed by atoms with Crippen LogP contribution >= 0.6 is 0 Å². The number of alkyl halides is 3. The SMILES string of the molecule is Cc1ccc(C(=O)Nc2ccc(CN3CCN(CCCNC(=O)OC(C)(C)C)CC3)c(C(F)(F)F)c2)cc1C#Cc1cnc(/C=C\C=N)[nH]1. The van der Waals surface area contributed by atoms with Crippen LogP contribution in [-0.4, -0.2) is 82.9 Å². The maximum atomic E-state index is 14.2. The van der Waals surface area contributed by atoms with Crippen molar-refractivity contribution in [2.24, 2.45) is 0 Å². The third-order valence-corrected chi connectivity index (χ3v) is 7.63. The van der Waals surface area contributed by atoms with Crippen LogP contribution in [0.1, 0.15) is 71.3 Å². The molecule has 1 aliphatic rings. The standard InChI is InChI=1S/C36H42F3N7O3/c1-25-8-9-27(21-26(25)10-13-30-23-42-32(43-30)7-5-14-40)33(47)44-29-12-11-28(31(22-29)36(37,38)39)24-46-19-17-45(18-20-46)16-6-15-41-34(48)49-35(2,3)4/h5,7-9,11-12,14,21-23,40H,6,15-20,24H2,1-4H3,(H,41,48)(H,42,43)(H,44,47)/b7-5-,40-14?. The summed E-state index contributed by atoms with van der Waals surface area (Å²) in [4.78, 5) is 36.3. The van der Waals surface area contributed by atoms with Crippen molar-refractivity contribution in [1.29, 1.82) is 5.41 Å². The monoisotopic (exact) mass is 677 g/mol. The topological polar surface area (TPSA) is 126 Å². The van der Waals surface area contributed by atoms with E-state index in [-0.39, 0.29) is 23.4 Å². The van der Waals surface area contributed by atoms with E-state index in [1.54, 1.807) is 51.2 Å². The van der Waals surface area contributed by atoms with E-state index in [1.807, 2.05) is 11.8 Å². The molecule has 49 heavy (non-hydrogen) atoms. The minimum Gasteiger partial charge on any atom is -0.444 e. The van der Waals surface area contributed by atoms with Crippen molar-refractivity contribution in [3.63, 3.8) is 0 Å². The van der Waals surface area contributed by atoms with Crippen molar-refractivity contribution in [2.75, 3.05) is 44.6 Å². The Morgan fingerprint density at radius 2 is 1.80 bits per heavy atom. The normalized spacial score (nSPS) is 14.3. The number of hydrogen-bond donors (Lipinski definition) is 4. The molecule has 2 amide bonds. The fraction of sp³-hybridized carbons (Fsp3) is 0.389. The Bertz CT molecular complexity index is 1720. The number of anilines is 1. The number of carbonyl (C=O) groups excluding carboxylic acids is 2. The minimum atomic E-state index is -4.60. The van der Waals surface area contributed by atoms with Gasteiger partial charge in [0.1, 0.15) is 17.1 Å². The number of H-pyrrole nitrogens is 1. The molecule has 0 saturated carbocycles. The molecule has 0 aliphatic carbocycles. The molecule has 13 heteroatoms. The Morgan fingerprint density at radius 3 is 2.49 bits per heavy atom. The van der Waals surface area contributed by atoms with E-state index >= 15 is 0 Å². The average Bonchev–Trinajstić information content (AvgIpc) is 3.49. The molecule has 2 heterocycles. The van der Waals surface area contributed by atoms with Crippen LogP contribution < -0.4 is 10.6 Å². The number of amides is 2. The number of aromatic amines is 1. The van der Waals surface area contributed by atoms with Gasteiger partial charge in [0.05, 0.1) is 11.8 Å². The molecule has 3 aromatic rings. The van der Waals surface area contributed by atoms with Gasteiger partial charge in [0.25, 0.3) is 5.91 Å². The molecule has 0 atom stereocenters. The van der Waals surface area contributed by atoms with Gasteiger partial charge in [-0.3, -0.25) is 9.69 Å². The van der Waals surface area contributed by atoms with Gasteiger partial charge in [-0.05, 0) is 94.1 Å². The quantitative estimate of drug-likeness (QED) is 0.117. The molecule has 10 nitrogen and oxygen atoms in total. The molecule has 1 aromatic heterocycles.